The number of halogens is 2. The zero-order valence-corrected chi connectivity index (χ0v) is 13.0. The molecule has 2 aromatic carbocycles. The highest BCUT2D eigenvalue weighted by atomic mass is 32.2. The molecule has 23 heavy (non-hydrogen) atoms. The first-order valence-corrected chi connectivity index (χ1v) is 8.25. The van der Waals surface area contributed by atoms with E-state index < -0.39 is 32.6 Å². The molecule has 0 fully saturated rings. The molecular formula is C16H14F2O4S. The summed E-state index contributed by atoms with van der Waals surface area (Å²) in [4.78, 5) is 11.5. The van der Waals surface area contributed by atoms with E-state index in [0.29, 0.717) is 0 Å². The van der Waals surface area contributed by atoms with Crippen molar-refractivity contribution in [3.63, 3.8) is 0 Å². The fraction of sp³-hybridized carbons (Fsp3) is 0.188. The molecule has 0 aliphatic carbocycles. The Labute approximate surface area is 132 Å². The van der Waals surface area contributed by atoms with Crippen LogP contribution < -0.4 is 0 Å². The summed E-state index contributed by atoms with van der Waals surface area (Å²) in [6.07, 6.45) is -0.492. The smallest absolute Gasteiger partial charge is 0.341 e. The average Bonchev–Trinajstić information content (AvgIpc) is 2.55. The molecule has 0 amide bonds. The van der Waals surface area contributed by atoms with E-state index in [1.54, 1.807) is 19.1 Å². The Bertz CT molecular complexity index is 771. The molecule has 0 saturated heterocycles. The predicted molar refractivity (Wildman–Crippen MR) is 79.9 cm³/mol. The maximum atomic E-state index is 12.4. The minimum atomic E-state index is -4.67. The van der Waals surface area contributed by atoms with Crippen LogP contribution >= 0.6 is 0 Å². The van der Waals surface area contributed by atoms with Crippen LogP contribution in [0.3, 0.4) is 0 Å². The molecule has 1 atom stereocenters. The Hall–Kier alpha value is -2.28. The summed E-state index contributed by atoms with van der Waals surface area (Å²) in [5, 5.41) is 0. The molecule has 0 spiro atoms. The van der Waals surface area contributed by atoms with Crippen molar-refractivity contribution in [3.05, 3.63) is 65.7 Å². The number of alkyl halides is 2. The summed E-state index contributed by atoms with van der Waals surface area (Å²) in [6, 6.07) is 13.3. The molecule has 4 nitrogen and oxygen atoms in total. The van der Waals surface area contributed by atoms with Gasteiger partial charge in [0.25, 0.3) is 0 Å². The van der Waals surface area contributed by atoms with Crippen LogP contribution in [0.25, 0.3) is 0 Å². The van der Waals surface area contributed by atoms with Crippen molar-refractivity contribution >= 4 is 15.8 Å². The van der Waals surface area contributed by atoms with Gasteiger partial charge < -0.3 is 4.74 Å². The second-order valence-corrected chi connectivity index (χ2v) is 6.71. The van der Waals surface area contributed by atoms with Crippen LogP contribution in [0.4, 0.5) is 8.78 Å². The molecule has 2 rings (SSSR count). The minimum absolute atomic E-state index is 0.0843. The molecular weight excluding hydrogens is 326 g/mol. The van der Waals surface area contributed by atoms with Gasteiger partial charge >= 0.3 is 11.7 Å². The van der Waals surface area contributed by atoms with Gasteiger partial charge in [-0.1, -0.05) is 30.3 Å². The maximum Gasteiger partial charge on any atom is 0.341 e. The zero-order chi connectivity index (χ0) is 17.0. The monoisotopic (exact) mass is 340 g/mol. The Morgan fingerprint density at radius 2 is 1.57 bits per heavy atom. The van der Waals surface area contributed by atoms with Crippen molar-refractivity contribution in [2.45, 2.75) is 23.7 Å². The van der Waals surface area contributed by atoms with Gasteiger partial charge in [0.05, 0.1) is 10.5 Å². The highest BCUT2D eigenvalue weighted by Crippen LogP contribution is 2.21. The molecule has 7 heteroatoms. The van der Waals surface area contributed by atoms with Gasteiger partial charge in [-0.2, -0.15) is 8.78 Å². The molecule has 0 heterocycles. The third-order valence-corrected chi connectivity index (χ3v) is 4.60. The summed E-state index contributed by atoms with van der Waals surface area (Å²) in [6.45, 7) is 1.70. The second kappa shape index (κ2) is 6.87. The van der Waals surface area contributed by atoms with Crippen LogP contribution in [0.1, 0.15) is 28.9 Å². The summed E-state index contributed by atoms with van der Waals surface area (Å²) < 4.78 is 52.8. The number of hydrogen-bond acceptors (Lipinski definition) is 4. The molecule has 2 aromatic rings. The average molecular weight is 340 g/mol. The molecule has 0 aliphatic heterocycles. The molecule has 122 valence electrons. The largest absolute Gasteiger partial charge is 0.454 e. The van der Waals surface area contributed by atoms with E-state index >= 15 is 0 Å². The normalized spacial score (nSPS) is 12.9. The summed E-state index contributed by atoms with van der Waals surface area (Å²) in [7, 11) is -4.67. The quantitative estimate of drug-likeness (QED) is 0.780. The molecule has 0 bridgehead atoms. The second-order valence-electron chi connectivity index (χ2n) is 4.79. The Kier molecular flexibility index (Phi) is 5.10. The Balaban J connectivity index is 2.12. The predicted octanol–water partition coefficient (Wildman–Crippen LogP) is 3.60. The maximum absolute atomic E-state index is 12.4. The highest BCUT2D eigenvalue weighted by molar-refractivity contribution is 7.91. The third kappa shape index (κ3) is 3.92. The highest BCUT2D eigenvalue weighted by Gasteiger charge is 2.26. The first kappa shape index (κ1) is 17.1. The number of ether oxygens (including phenoxy) is 1. The van der Waals surface area contributed by atoms with Gasteiger partial charge in [-0.05, 0) is 36.8 Å². The number of carbonyl (C=O) groups is 1. The number of benzene rings is 2. The SMILES string of the molecule is C[C@H](OC(=O)c1ccc(S(=O)(=O)C(F)F)cc1)c1ccccc1. The fourth-order valence-corrected chi connectivity index (χ4v) is 2.63. The molecule has 0 unspecified atom stereocenters. The summed E-state index contributed by atoms with van der Waals surface area (Å²) >= 11 is 0. The van der Waals surface area contributed by atoms with Crippen molar-refractivity contribution in [2.24, 2.45) is 0 Å². The number of esters is 1. The van der Waals surface area contributed by atoms with E-state index in [-0.39, 0.29) is 5.56 Å². The molecule has 0 saturated carbocycles. The van der Waals surface area contributed by atoms with E-state index in [4.69, 9.17) is 4.74 Å². The van der Waals surface area contributed by atoms with Gasteiger partial charge in [-0.15, -0.1) is 0 Å². The van der Waals surface area contributed by atoms with E-state index in [1.165, 1.54) is 0 Å². The number of sulfone groups is 1. The summed E-state index contributed by atoms with van der Waals surface area (Å²) in [5.74, 6) is -4.17. The third-order valence-electron chi connectivity index (χ3n) is 3.21. The van der Waals surface area contributed by atoms with E-state index in [2.05, 4.69) is 0 Å². The first-order valence-electron chi connectivity index (χ1n) is 6.70. The number of carbonyl (C=O) groups excluding carboxylic acids is 1. The topological polar surface area (TPSA) is 60.4 Å². The lowest BCUT2D eigenvalue weighted by Crippen LogP contribution is -2.12. The number of hydrogen-bond donors (Lipinski definition) is 0. The Morgan fingerprint density at radius 3 is 2.09 bits per heavy atom. The minimum Gasteiger partial charge on any atom is -0.454 e. The fourth-order valence-electron chi connectivity index (χ4n) is 1.90. The molecule has 0 radical (unpaired) electrons. The van der Waals surface area contributed by atoms with Gasteiger partial charge in [0.2, 0.25) is 9.84 Å². The van der Waals surface area contributed by atoms with Crippen molar-refractivity contribution in [1.82, 2.24) is 0 Å². The molecule has 0 aliphatic rings. The van der Waals surface area contributed by atoms with Crippen LogP contribution in [0.15, 0.2) is 59.5 Å². The van der Waals surface area contributed by atoms with Crippen molar-refractivity contribution < 1.29 is 26.7 Å². The van der Waals surface area contributed by atoms with Gasteiger partial charge in [0.15, 0.2) is 0 Å². The van der Waals surface area contributed by atoms with Crippen LogP contribution in [0.5, 0.6) is 0 Å². The number of rotatable bonds is 5. The molecule has 0 N–H and O–H groups in total. The van der Waals surface area contributed by atoms with Crippen LogP contribution in [0.2, 0.25) is 0 Å². The standard InChI is InChI=1S/C16H14F2O4S/c1-11(12-5-3-2-4-6-12)22-15(19)13-7-9-14(10-8-13)23(20,21)16(17)18/h2-11,16H,1H3/t11-/m0/s1. The van der Waals surface area contributed by atoms with E-state index in [1.807, 2.05) is 18.2 Å². The van der Waals surface area contributed by atoms with Crippen LogP contribution in [-0.2, 0) is 14.6 Å². The van der Waals surface area contributed by atoms with Gasteiger partial charge in [-0.25, -0.2) is 13.2 Å². The van der Waals surface area contributed by atoms with E-state index in [9.17, 15) is 22.0 Å². The van der Waals surface area contributed by atoms with Gasteiger partial charge in [0.1, 0.15) is 6.10 Å². The van der Waals surface area contributed by atoms with Crippen LogP contribution in [0, 0.1) is 0 Å². The van der Waals surface area contributed by atoms with Crippen molar-refractivity contribution in [2.75, 3.05) is 0 Å². The lowest BCUT2D eigenvalue weighted by molar-refractivity contribution is 0.0338. The van der Waals surface area contributed by atoms with Gasteiger partial charge in [0, 0.05) is 0 Å². The van der Waals surface area contributed by atoms with Crippen molar-refractivity contribution in [1.29, 1.82) is 0 Å². The zero-order valence-electron chi connectivity index (χ0n) is 12.1. The summed E-state index contributed by atoms with van der Waals surface area (Å²) in [5.41, 5.74) is 0.888. The molecule has 0 aromatic heterocycles. The Morgan fingerprint density at radius 1 is 1.00 bits per heavy atom. The van der Waals surface area contributed by atoms with Crippen LogP contribution in [-0.4, -0.2) is 20.1 Å². The van der Waals surface area contributed by atoms with E-state index in [0.717, 1.165) is 29.8 Å². The van der Waals surface area contributed by atoms with Gasteiger partial charge in [-0.3, -0.25) is 0 Å². The van der Waals surface area contributed by atoms with Crippen molar-refractivity contribution in [3.8, 4) is 0 Å². The lowest BCUT2D eigenvalue weighted by atomic mass is 10.1. The lowest BCUT2D eigenvalue weighted by Gasteiger charge is -2.13. The first-order chi connectivity index (χ1) is 10.8.